The molecule has 6 heteroatoms. The fourth-order valence-corrected chi connectivity index (χ4v) is 2.24. The number of carbonyl (C=O) groups is 1. The summed E-state index contributed by atoms with van der Waals surface area (Å²) in [6.07, 6.45) is 0. The van der Waals surface area contributed by atoms with E-state index in [0.717, 1.165) is 0 Å². The van der Waals surface area contributed by atoms with Gasteiger partial charge in [-0.05, 0) is 32.9 Å². The lowest BCUT2D eigenvalue weighted by atomic mass is 9.92. The summed E-state index contributed by atoms with van der Waals surface area (Å²) >= 11 is 11.9. The summed E-state index contributed by atoms with van der Waals surface area (Å²) in [6, 6.07) is 2.37. The molecule has 0 heterocycles. The Bertz CT molecular complexity index is 492. The van der Waals surface area contributed by atoms with Gasteiger partial charge in [0.25, 0.3) is 0 Å². The number of primary amides is 1. The minimum atomic E-state index is -0.708. The SMILES string of the molecule is CC(NCC(C)(C)C(N)=O)c1c(Cl)ccc(F)c1Cl. The Morgan fingerprint density at radius 2 is 2.05 bits per heavy atom. The summed E-state index contributed by atoms with van der Waals surface area (Å²) in [6.45, 7) is 5.59. The molecule has 0 aliphatic heterocycles. The Hall–Kier alpha value is -0.840. The van der Waals surface area contributed by atoms with E-state index in [0.29, 0.717) is 17.1 Å². The molecule has 1 atom stereocenters. The third kappa shape index (κ3) is 3.81. The van der Waals surface area contributed by atoms with Gasteiger partial charge in [-0.2, -0.15) is 0 Å². The molecule has 19 heavy (non-hydrogen) atoms. The summed E-state index contributed by atoms with van der Waals surface area (Å²) in [7, 11) is 0. The van der Waals surface area contributed by atoms with E-state index in [-0.39, 0.29) is 11.1 Å². The highest BCUT2D eigenvalue weighted by atomic mass is 35.5. The van der Waals surface area contributed by atoms with Crippen LogP contribution in [0.5, 0.6) is 0 Å². The molecule has 0 spiro atoms. The Labute approximate surface area is 122 Å². The van der Waals surface area contributed by atoms with Crippen LogP contribution in [0.15, 0.2) is 12.1 Å². The third-order valence-electron chi connectivity index (χ3n) is 3.03. The number of halogens is 3. The van der Waals surface area contributed by atoms with E-state index in [4.69, 9.17) is 28.9 Å². The fraction of sp³-hybridized carbons (Fsp3) is 0.462. The Morgan fingerprint density at radius 3 is 2.58 bits per heavy atom. The second kappa shape index (κ2) is 6.07. The van der Waals surface area contributed by atoms with Gasteiger partial charge in [-0.15, -0.1) is 0 Å². The van der Waals surface area contributed by atoms with E-state index in [1.54, 1.807) is 20.8 Å². The lowest BCUT2D eigenvalue weighted by Crippen LogP contribution is -2.41. The molecule has 0 saturated heterocycles. The number of amides is 1. The molecular formula is C13H17Cl2FN2O. The van der Waals surface area contributed by atoms with Gasteiger partial charge in [-0.25, -0.2) is 4.39 Å². The molecular weight excluding hydrogens is 290 g/mol. The first-order valence-electron chi connectivity index (χ1n) is 5.83. The maximum Gasteiger partial charge on any atom is 0.224 e. The molecule has 0 saturated carbocycles. The monoisotopic (exact) mass is 306 g/mol. The Balaban J connectivity index is 2.88. The van der Waals surface area contributed by atoms with Gasteiger partial charge in [0.1, 0.15) is 5.82 Å². The van der Waals surface area contributed by atoms with E-state index in [1.807, 2.05) is 0 Å². The number of nitrogens with one attached hydrogen (secondary N) is 1. The van der Waals surface area contributed by atoms with E-state index in [2.05, 4.69) is 5.32 Å². The first-order chi connectivity index (χ1) is 8.66. The first kappa shape index (κ1) is 16.2. The number of hydrogen-bond donors (Lipinski definition) is 2. The van der Waals surface area contributed by atoms with Crippen molar-refractivity contribution in [2.45, 2.75) is 26.8 Å². The average molecular weight is 307 g/mol. The number of nitrogens with two attached hydrogens (primary N) is 1. The predicted molar refractivity (Wildman–Crippen MR) is 75.8 cm³/mol. The second-order valence-corrected chi connectivity index (χ2v) is 5.89. The molecule has 1 aromatic rings. The highest BCUT2D eigenvalue weighted by Crippen LogP contribution is 2.32. The topological polar surface area (TPSA) is 55.1 Å². The van der Waals surface area contributed by atoms with E-state index in [9.17, 15) is 9.18 Å². The fourth-order valence-electron chi connectivity index (χ4n) is 1.54. The van der Waals surface area contributed by atoms with Gasteiger partial charge in [0, 0.05) is 23.2 Å². The van der Waals surface area contributed by atoms with Gasteiger partial charge in [0.2, 0.25) is 5.91 Å². The van der Waals surface area contributed by atoms with Gasteiger partial charge in [-0.3, -0.25) is 4.79 Å². The zero-order valence-electron chi connectivity index (χ0n) is 11.1. The minimum absolute atomic E-state index is 0.00983. The third-order valence-corrected chi connectivity index (χ3v) is 3.74. The summed E-state index contributed by atoms with van der Waals surface area (Å²) in [5.41, 5.74) is 5.06. The van der Waals surface area contributed by atoms with Crippen LogP contribution in [0.2, 0.25) is 10.0 Å². The summed E-state index contributed by atoms with van der Waals surface area (Å²) < 4.78 is 13.4. The van der Waals surface area contributed by atoms with Crippen molar-refractivity contribution >= 4 is 29.1 Å². The van der Waals surface area contributed by atoms with Crippen LogP contribution in [-0.2, 0) is 4.79 Å². The van der Waals surface area contributed by atoms with Crippen molar-refractivity contribution in [3.8, 4) is 0 Å². The maximum absolute atomic E-state index is 13.4. The number of rotatable bonds is 5. The number of hydrogen-bond acceptors (Lipinski definition) is 2. The van der Waals surface area contributed by atoms with Crippen LogP contribution < -0.4 is 11.1 Å². The quantitative estimate of drug-likeness (QED) is 0.820. The van der Waals surface area contributed by atoms with E-state index in [1.165, 1.54) is 12.1 Å². The Morgan fingerprint density at radius 1 is 1.47 bits per heavy atom. The van der Waals surface area contributed by atoms with Crippen LogP contribution >= 0.6 is 23.2 Å². The van der Waals surface area contributed by atoms with Crippen molar-refractivity contribution < 1.29 is 9.18 Å². The number of carbonyl (C=O) groups excluding carboxylic acids is 1. The van der Waals surface area contributed by atoms with Gasteiger partial charge in [0.05, 0.1) is 10.4 Å². The highest BCUT2D eigenvalue weighted by Gasteiger charge is 2.26. The lowest BCUT2D eigenvalue weighted by Gasteiger charge is -2.25. The Kier molecular flexibility index (Phi) is 5.18. The largest absolute Gasteiger partial charge is 0.369 e. The smallest absolute Gasteiger partial charge is 0.224 e. The molecule has 0 aromatic heterocycles. The molecule has 0 fully saturated rings. The highest BCUT2D eigenvalue weighted by molar-refractivity contribution is 6.36. The molecule has 3 N–H and O–H groups in total. The van der Waals surface area contributed by atoms with Crippen molar-refractivity contribution in [3.05, 3.63) is 33.6 Å². The second-order valence-electron chi connectivity index (χ2n) is 5.11. The average Bonchev–Trinajstić information content (AvgIpc) is 2.32. The molecule has 1 aromatic carbocycles. The van der Waals surface area contributed by atoms with Gasteiger partial charge >= 0.3 is 0 Å². The van der Waals surface area contributed by atoms with Crippen molar-refractivity contribution in [2.24, 2.45) is 11.1 Å². The standard InChI is InChI=1S/C13H17Cl2FN2O/c1-7(18-6-13(2,3)12(17)19)10-8(14)4-5-9(16)11(10)15/h4-5,7,18H,6H2,1-3H3,(H2,17,19). The molecule has 106 valence electrons. The van der Waals surface area contributed by atoms with Gasteiger partial charge < -0.3 is 11.1 Å². The first-order valence-corrected chi connectivity index (χ1v) is 6.59. The summed E-state index contributed by atoms with van der Waals surface area (Å²) in [5.74, 6) is -0.937. The zero-order chi connectivity index (χ0) is 14.8. The van der Waals surface area contributed by atoms with Crippen molar-refractivity contribution in [3.63, 3.8) is 0 Å². The lowest BCUT2D eigenvalue weighted by molar-refractivity contribution is -0.125. The minimum Gasteiger partial charge on any atom is -0.369 e. The van der Waals surface area contributed by atoms with Crippen LogP contribution in [0.4, 0.5) is 4.39 Å². The van der Waals surface area contributed by atoms with E-state index < -0.39 is 17.1 Å². The molecule has 3 nitrogen and oxygen atoms in total. The van der Waals surface area contributed by atoms with Crippen molar-refractivity contribution in [1.29, 1.82) is 0 Å². The summed E-state index contributed by atoms with van der Waals surface area (Å²) in [5, 5.41) is 3.46. The predicted octanol–water partition coefficient (Wildman–Crippen LogP) is 3.29. The molecule has 1 rings (SSSR count). The molecule has 0 radical (unpaired) electrons. The van der Waals surface area contributed by atoms with Crippen LogP contribution in [0.1, 0.15) is 32.4 Å². The van der Waals surface area contributed by atoms with Crippen LogP contribution in [0.3, 0.4) is 0 Å². The molecule has 0 bridgehead atoms. The van der Waals surface area contributed by atoms with Crippen LogP contribution in [-0.4, -0.2) is 12.5 Å². The molecule has 1 unspecified atom stereocenters. The molecule has 0 aliphatic carbocycles. The van der Waals surface area contributed by atoms with E-state index >= 15 is 0 Å². The summed E-state index contributed by atoms with van der Waals surface area (Å²) in [4.78, 5) is 11.2. The van der Waals surface area contributed by atoms with Crippen molar-refractivity contribution in [2.75, 3.05) is 6.54 Å². The molecule has 1 amide bonds. The van der Waals surface area contributed by atoms with Gasteiger partial charge in [0.15, 0.2) is 0 Å². The normalized spacial score (nSPS) is 13.4. The van der Waals surface area contributed by atoms with Crippen LogP contribution in [0.25, 0.3) is 0 Å². The molecule has 0 aliphatic rings. The zero-order valence-corrected chi connectivity index (χ0v) is 12.6. The van der Waals surface area contributed by atoms with Crippen LogP contribution in [0, 0.1) is 11.2 Å². The number of benzene rings is 1. The van der Waals surface area contributed by atoms with Gasteiger partial charge in [-0.1, -0.05) is 23.2 Å². The van der Waals surface area contributed by atoms with Crippen molar-refractivity contribution in [1.82, 2.24) is 5.32 Å². The maximum atomic E-state index is 13.4.